The molecule has 2 atom stereocenters. The van der Waals surface area contributed by atoms with Crippen LogP contribution in [0.1, 0.15) is 26.7 Å². The number of nitrogens with one attached hydrogen (secondary N) is 1. The predicted octanol–water partition coefficient (Wildman–Crippen LogP) is 0.554. The summed E-state index contributed by atoms with van der Waals surface area (Å²) in [5, 5.41) is 3.28. The van der Waals surface area contributed by atoms with E-state index in [1.54, 1.807) is 0 Å². The van der Waals surface area contributed by atoms with Gasteiger partial charge in [-0.05, 0) is 25.8 Å². The molecule has 0 aromatic rings. The van der Waals surface area contributed by atoms with Gasteiger partial charge in [0.05, 0.1) is 12.6 Å². The lowest BCUT2D eigenvalue weighted by Crippen LogP contribution is -2.51. The van der Waals surface area contributed by atoms with Crippen molar-refractivity contribution in [3.05, 3.63) is 0 Å². The number of amides is 1. The van der Waals surface area contributed by atoms with E-state index in [0.717, 1.165) is 45.6 Å². The number of carbonyl (C=O) groups excluding carboxylic acids is 1. The van der Waals surface area contributed by atoms with Crippen molar-refractivity contribution in [2.45, 2.75) is 38.8 Å². The minimum absolute atomic E-state index is 0.265. The van der Waals surface area contributed by atoms with E-state index in [2.05, 4.69) is 31.1 Å². The Balaban J connectivity index is 1.81. The zero-order chi connectivity index (χ0) is 14.5. The van der Waals surface area contributed by atoms with E-state index in [0.29, 0.717) is 24.6 Å². The van der Waals surface area contributed by atoms with Crippen LogP contribution in [0.2, 0.25) is 0 Å². The van der Waals surface area contributed by atoms with Crippen molar-refractivity contribution in [3.8, 4) is 0 Å². The lowest BCUT2D eigenvalue weighted by molar-refractivity contribution is -0.134. The van der Waals surface area contributed by atoms with Crippen LogP contribution >= 0.6 is 0 Å². The third kappa shape index (κ3) is 4.17. The van der Waals surface area contributed by atoms with Gasteiger partial charge < -0.3 is 15.0 Å². The van der Waals surface area contributed by atoms with Gasteiger partial charge in [0.2, 0.25) is 5.91 Å². The number of rotatable bonds is 4. The highest BCUT2D eigenvalue weighted by Gasteiger charge is 2.29. The zero-order valence-electron chi connectivity index (χ0n) is 13.1. The molecule has 20 heavy (non-hydrogen) atoms. The minimum Gasteiger partial charge on any atom is -0.378 e. The van der Waals surface area contributed by atoms with Gasteiger partial charge in [-0.25, -0.2) is 0 Å². The van der Waals surface area contributed by atoms with Crippen molar-refractivity contribution in [3.63, 3.8) is 0 Å². The molecule has 5 nitrogen and oxygen atoms in total. The maximum atomic E-state index is 12.3. The standard InChI is InChI=1S/C15H29N3O2/c1-12(2)14-10-13(4-9-20-14)17(3)11-15(19)18-7-5-16-6-8-18/h12-14,16H,4-11H2,1-3H3. The van der Waals surface area contributed by atoms with Gasteiger partial charge >= 0.3 is 0 Å². The quantitative estimate of drug-likeness (QED) is 0.818. The molecule has 0 saturated carbocycles. The summed E-state index contributed by atoms with van der Waals surface area (Å²) in [5.41, 5.74) is 0. The van der Waals surface area contributed by atoms with Crippen LogP contribution in [0.3, 0.4) is 0 Å². The number of hydrogen-bond donors (Lipinski definition) is 1. The van der Waals surface area contributed by atoms with Gasteiger partial charge in [0.25, 0.3) is 0 Å². The maximum Gasteiger partial charge on any atom is 0.236 e. The first kappa shape index (κ1) is 15.7. The van der Waals surface area contributed by atoms with Gasteiger partial charge in [-0.15, -0.1) is 0 Å². The van der Waals surface area contributed by atoms with Crippen LogP contribution in [0.4, 0.5) is 0 Å². The molecule has 2 aliphatic rings. The van der Waals surface area contributed by atoms with Crippen LogP contribution < -0.4 is 5.32 Å². The minimum atomic E-state index is 0.265. The first-order chi connectivity index (χ1) is 9.58. The average molecular weight is 283 g/mol. The highest BCUT2D eigenvalue weighted by Crippen LogP contribution is 2.23. The summed E-state index contributed by atoms with van der Waals surface area (Å²) in [5.74, 6) is 0.816. The fourth-order valence-corrected chi connectivity index (χ4v) is 3.03. The van der Waals surface area contributed by atoms with Crippen LogP contribution in [0, 0.1) is 5.92 Å². The first-order valence-electron chi connectivity index (χ1n) is 7.88. The van der Waals surface area contributed by atoms with E-state index in [9.17, 15) is 4.79 Å². The average Bonchev–Trinajstić information content (AvgIpc) is 2.48. The van der Waals surface area contributed by atoms with E-state index >= 15 is 0 Å². The highest BCUT2D eigenvalue weighted by atomic mass is 16.5. The van der Waals surface area contributed by atoms with E-state index < -0.39 is 0 Å². The molecule has 116 valence electrons. The van der Waals surface area contributed by atoms with Crippen LogP contribution in [0.25, 0.3) is 0 Å². The van der Waals surface area contributed by atoms with Gasteiger partial charge in [0, 0.05) is 38.8 Å². The second-order valence-electron chi connectivity index (χ2n) is 6.38. The van der Waals surface area contributed by atoms with Gasteiger partial charge in [0.1, 0.15) is 0 Å². The second kappa shape index (κ2) is 7.38. The highest BCUT2D eigenvalue weighted by molar-refractivity contribution is 5.78. The summed E-state index contributed by atoms with van der Waals surface area (Å²) in [7, 11) is 2.08. The number of ether oxygens (including phenoxy) is 1. The Morgan fingerprint density at radius 2 is 2.10 bits per heavy atom. The second-order valence-corrected chi connectivity index (χ2v) is 6.38. The predicted molar refractivity (Wildman–Crippen MR) is 79.7 cm³/mol. The summed E-state index contributed by atoms with van der Waals surface area (Å²) in [6.45, 7) is 9.29. The molecule has 2 fully saturated rings. The smallest absolute Gasteiger partial charge is 0.236 e. The molecule has 0 aliphatic carbocycles. The molecule has 0 radical (unpaired) electrons. The van der Waals surface area contributed by atoms with Gasteiger partial charge in [-0.3, -0.25) is 9.69 Å². The van der Waals surface area contributed by atoms with Crippen LogP contribution in [-0.4, -0.2) is 74.2 Å². The molecular formula is C15H29N3O2. The normalized spacial score (nSPS) is 28.1. The van der Waals surface area contributed by atoms with Crippen molar-refractivity contribution in [1.82, 2.24) is 15.1 Å². The topological polar surface area (TPSA) is 44.8 Å². The molecule has 2 saturated heterocycles. The van der Waals surface area contributed by atoms with E-state index in [1.807, 2.05) is 4.90 Å². The molecule has 1 amide bonds. The number of piperazine rings is 1. The van der Waals surface area contributed by atoms with Crippen LogP contribution in [0.15, 0.2) is 0 Å². The molecule has 2 heterocycles. The molecule has 0 bridgehead atoms. The molecule has 0 aromatic heterocycles. The van der Waals surface area contributed by atoms with Crippen molar-refractivity contribution in [2.24, 2.45) is 5.92 Å². The molecule has 0 spiro atoms. The molecule has 2 unspecified atom stereocenters. The Labute approximate surface area is 122 Å². The monoisotopic (exact) mass is 283 g/mol. The zero-order valence-corrected chi connectivity index (χ0v) is 13.1. The molecule has 0 aromatic carbocycles. The Kier molecular flexibility index (Phi) is 5.81. The number of hydrogen-bond acceptors (Lipinski definition) is 4. The van der Waals surface area contributed by atoms with Gasteiger partial charge in [-0.1, -0.05) is 13.8 Å². The molecule has 2 aliphatic heterocycles. The Bertz CT molecular complexity index is 316. The molecule has 1 N–H and O–H groups in total. The van der Waals surface area contributed by atoms with Crippen molar-refractivity contribution in [1.29, 1.82) is 0 Å². The third-order valence-corrected chi connectivity index (χ3v) is 4.51. The Hall–Kier alpha value is -0.650. The van der Waals surface area contributed by atoms with Crippen LogP contribution in [0.5, 0.6) is 0 Å². The SMILES string of the molecule is CC(C)C1CC(N(C)CC(=O)N2CCNCC2)CCO1. The van der Waals surface area contributed by atoms with E-state index in [4.69, 9.17) is 4.74 Å². The summed E-state index contributed by atoms with van der Waals surface area (Å²) >= 11 is 0. The van der Waals surface area contributed by atoms with Crippen molar-refractivity contribution < 1.29 is 9.53 Å². The summed E-state index contributed by atoms with van der Waals surface area (Å²) < 4.78 is 5.81. The van der Waals surface area contributed by atoms with Gasteiger partial charge in [0.15, 0.2) is 0 Å². The number of nitrogens with zero attached hydrogens (tertiary/aromatic N) is 2. The fourth-order valence-electron chi connectivity index (χ4n) is 3.03. The Morgan fingerprint density at radius 3 is 2.75 bits per heavy atom. The summed E-state index contributed by atoms with van der Waals surface area (Å²) in [6.07, 6.45) is 2.42. The molecule has 2 rings (SSSR count). The largest absolute Gasteiger partial charge is 0.378 e. The van der Waals surface area contributed by atoms with Crippen LogP contribution in [-0.2, 0) is 9.53 Å². The van der Waals surface area contributed by atoms with Crippen molar-refractivity contribution >= 4 is 5.91 Å². The number of likely N-dealkylation sites (N-methyl/N-ethyl adjacent to an activating group) is 1. The van der Waals surface area contributed by atoms with Crippen molar-refractivity contribution in [2.75, 3.05) is 46.4 Å². The van der Waals surface area contributed by atoms with E-state index in [1.165, 1.54) is 0 Å². The fraction of sp³-hybridized carbons (Fsp3) is 0.933. The third-order valence-electron chi connectivity index (χ3n) is 4.51. The Morgan fingerprint density at radius 1 is 1.40 bits per heavy atom. The number of carbonyl (C=O) groups is 1. The maximum absolute atomic E-state index is 12.3. The molecular weight excluding hydrogens is 254 g/mol. The summed E-state index contributed by atoms with van der Waals surface area (Å²) in [4.78, 5) is 16.5. The lowest BCUT2D eigenvalue weighted by atomic mass is 9.94. The summed E-state index contributed by atoms with van der Waals surface area (Å²) in [6, 6.07) is 0.475. The molecule has 5 heteroatoms. The first-order valence-corrected chi connectivity index (χ1v) is 7.88. The van der Waals surface area contributed by atoms with E-state index in [-0.39, 0.29) is 5.91 Å². The van der Waals surface area contributed by atoms with Gasteiger partial charge in [-0.2, -0.15) is 0 Å². The lowest BCUT2D eigenvalue weighted by Gasteiger charge is -2.37.